The third-order valence-corrected chi connectivity index (χ3v) is 10.4. The normalized spacial score (nSPS) is 11.7. The van der Waals surface area contributed by atoms with Crippen LogP contribution < -0.4 is 10.0 Å². The van der Waals surface area contributed by atoms with Crippen molar-refractivity contribution in [1.82, 2.24) is 0 Å². The Kier molecular flexibility index (Phi) is 26.1. The zero-order valence-corrected chi connectivity index (χ0v) is 39.8. The number of aryl methyl sites for hydroxylation is 4. The van der Waals surface area contributed by atoms with Crippen molar-refractivity contribution in [2.45, 2.75) is 47.1 Å². The first-order valence-electron chi connectivity index (χ1n) is 18.3. The number of hydrogen-bond acceptors (Lipinski definition) is 1. The molecule has 58 heavy (non-hydrogen) atoms. The minimum atomic E-state index is -0.922. The second-order valence-electron chi connectivity index (χ2n) is 14.4. The van der Waals surface area contributed by atoms with E-state index < -0.39 is 5.54 Å². The maximum atomic E-state index is 9.20. The van der Waals surface area contributed by atoms with Crippen LogP contribution in [0.15, 0.2) is 133 Å². The van der Waals surface area contributed by atoms with E-state index >= 15 is 0 Å². The van der Waals surface area contributed by atoms with Gasteiger partial charge in [0, 0.05) is 113 Å². The average Bonchev–Trinajstić information content (AvgIpc) is 3.18. The van der Waals surface area contributed by atoms with Gasteiger partial charge in [0.1, 0.15) is 5.75 Å². The first kappa shape index (κ1) is 55.8. The van der Waals surface area contributed by atoms with Gasteiger partial charge in [0.25, 0.3) is 0 Å². The molecule has 0 saturated heterocycles. The van der Waals surface area contributed by atoms with E-state index in [9.17, 15) is 5.73 Å². The number of nitrogens with one attached hydrogen (secondary N) is 1. The van der Waals surface area contributed by atoms with Gasteiger partial charge in [-0.3, -0.25) is 0 Å². The Morgan fingerprint density at radius 2 is 1.16 bits per heavy atom. The molecule has 7 aromatic carbocycles. The molecule has 0 aliphatic heterocycles. The summed E-state index contributed by atoms with van der Waals surface area (Å²) in [5.41, 5.74) is 18.8. The van der Waals surface area contributed by atoms with Gasteiger partial charge >= 0.3 is 27.0 Å². The molecule has 3 atom stereocenters. The SMILES string of the molecule is Cc1cc(C)cc(C)c1.[Ar].[Ar].[Ar].[CH2-]C(C(C)C)C([NH-])(c1[c-]cc(C)cc1)c1ccc(OC)cc1.[CH2-]c1ccc2ccccc2c1-c1c(P)ccc2ccccc12.[Cl][Ru]. The van der Waals surface area contributed by atoms with E-state index in [2.05, 4.69) is 164 Å². The molecule has 7 rings (SSSR count). The van der Waals surface area contributed by atoms with Crippen molar-refractivity contribution in [3.8, 4) is 16.9 Å². The van der Waals surface area contributed by atoms with E-state index in [1.165, 1.54) is 54.7 Å². The number of methoxy groups -OCH3 is 1. The van der Waals surface area contributed by atoms with E-state index in [-0.39, 0.29) is 125 Å². The number of rotatable bonds is 6. The molecule has 0 amide bonds. The molecule has 311 valence electrons. The van der Waals surface area contributed by atoms with E-state index in [1.807, 2.05) is 66.7 Å². The van der Waals surface area contributed by atoms with Crippen molar-refractivity contribution < 1.29 is 135 Å². The van der Waals surface area contributed by atoms with Crippen LogP contribution >= 0.6 is 18.9 Å². The van der Waals surface area contributed by atoms with E-state index in [1.54, 1.807) is 7.11 Å². The standard InChI is InChI=1S/C21H16P.C20H24NO.C9H12.3Ar.ClH.Ru/c1-14-10-11-15-6-2-4-8-17(15)20(14)21-18-9-5-3-7-16(18)12-13-19(21)22;1-14(2)16(4)20(21,17-8-6-15(3)7-9-17)18-10-12-19(22-5)13-11-18;1-7-4-8(2)6-9(3)5-7;;;;;/h2-13H,1,22H2;6-8,10-14,16,21H,4H2,1-3,5H3;4-6H,1-3H3;;;;1H;/q-1;-3;;;;;;+1/p-1. The summed E-state index contributed by atoms with van der Waals surface area (Å²) in [4.78, 5) is 0. The summed E-state index contributed by atoms with van der Waals surface area (Å²) in [7, 11) is 9.09. The van der Waals surface area contributed by atoms with E-state index in [0.717, 1.165) is 28.0 Å². The summed E-state index contributed by atoms with van der Waals surface area (Å²) in [5, 5.41) is 6.25. The van der Waals surface area contributed by atoms with Crippen LogP contribution in [0.3, 0.4) is 0 Å². The Labute approximate surface area is 455 Å². The van der Waals surface area contributed by atoms with Gasteiger partial charge in [-0.25, -0.2) is 0 Å². The molecule has 8 heteroatoms. The molecule has 0 aliphatic carbocycles. The van der Waals surface area contributed by atoms with Gasteiger partial charge in [0.05, 0.1) is 7.11 Å². The van der Waals surface area contributed by atoms with Gasteiger partial charge in [-0.1, -0.05) is 151 Å². The summed E-state index contributed by atoms with van der Waals surface area (Å²) in [6.07, 6.45) is 0. The second-order valence-corrected chi connectivity index (χ2v) is 15.0. The predicted molar refractivity (Wildman–Crippen MR) is 239 cm³/mol. The molecule has 0 bridgehead atoms. The molecule has 1 N–H and O–H groups in total. The van der Waals surface area contributed by atoms with E-state index in [0.29, 0.717) is 0 Å². The Morgan fingerprint density at radius 1 is 0.672 bits per heavy atom. The molecule has 0 fully saturated rings. The van der Waals surface area contributed by atoms with Crippen LogP contribution in [-0.2, 0) is 22.9 Å². The molecule has 7 aromatic rings. The van der Waals surface area contributed by atoms with Crippen molar-refractivity contribution in [2.75, 3.05) is 7.11 Å². The molecular weight excluding hydrogens is 918 g/mol. The Balaban J connectivity index is 0.000000445. The number of hydrogen-bond donors (Lipinski definition) is 0. The molecule has 0 saturated carbocycles. The summed E-state index contributed by atoms with van der Waals surface area (Å²) in [6.45, 7) is 21.2. The van der Waals surface area contributed by atoms with Crippen LogP contribution in [0.1, 0.15) is 52.8 Å². The van der Waals surface area contributed by atoms with Gasteiger partial charge in [-0.05, 0) is 54.4 Å². The Bertz CT molecular complexity index is 2190. The van der Waals surface area contributed by atoms with Crippen LogP contribution in [0, 0.1) is 173 Å². The van der Waals surface area contributed by atoms with Crippen LogP contribution in [0.5, 0.6) is 5.75 Å². The molecule has 2 nitrogen and oxygen atoms in total. The fourth-order valence-corrected chi connectivity index (χ4v) is 7.45. The van der Waals surface area contributed by atoms with Crippen LogP contribution in [-0.4, -0.2) is 7.11 Å². The molecule has 3 unspecified atom stereocenters. The fraction of sp³-hybridized carbons (Fsp3) is 0.200. The number of benzene rings is 7. The minimum absolute atomic E-state index is 0. The second kappa shape index (κ2) is 27.1. The molecule has 0 aromatic heterocycles. The Morgan fingerprint density at radius 3 is 1.62 bits per heavy atom. The maximum absolute atomic E-state index is 9.20. The van der Waals surface area contributed by atoms with Crippen molar-refractivity contribution in [3.05, 3.63) is 198 Å². The van der Waals surface area contributed by atoms with Crippen molar-refractivity contribution in [2.24, 2.45) is 11.8 Å². The van der Waals surface area contributed by atoms with Crippen molar-refractivity contribution in [1.29, 1.82) is 0 Å². The number of fused-ring (bicyclic) bond motifs is 2. The zero-order chi connectivity index (χ0) is 40.3. The predicted octanol–water partition coefficient (Wildman–Crippen LogP) is 13.8. The molecule has 0 heterocycles. The number of halogens is 1. The quantitative estimate of drug-likeness (QED) is 0.0929. The van der Waals surface area contributed by atoms with Gasteiger partial charge in [0.2, 0.25) is 0 Å². The monoisotopic (exact) mass is 970 g/mol. The number of ether oxygens (including phenoxy) is 1. The summed E-state index contributed by atoms with van der Waals surface area (Å²) in [5.74, 6) is 0.998. The summed E-state index contributed by atoms with van der Waals surface area (Å²) >= 11 is 1.82. The van der Waals surface area contributed by atoms with E-state index in [4.69, 9.17) is 4.74 Å². The molecule has 0 spiro atoms. The third kappa shape index (κ3) is 14.4. The van der Waals surface area contributed by atoms with Crippen LogP contribution in [0.2, 0.25) is 0 Å². The zero-order valence-electron chi connectivity index (χ0n) is 34.0. The third-order valence-electron chi connectivity index (χ3n) is 9.89. The van der Waals surface area contributed by atoms with Gasteiger partial charge in [-0.15, -0.1) is 26.4 Å². The first-order chi connectivity index (χ1) is 26.3. The molecule has 0 radical (unpaired) electrons. The van der Waals surface area contributed by atoms with Gasteiger partial charge < -0.3 is 17.4 Å². The first-order valence-corrected chi connectivity index (χ1v) is 21.2. The average molecular weight is 970 g/mol. The van der Waals surface area contributed by atoms with Gasteiger partial charge in [-0.2, -0.15) is 59.9 Å². The summed E-state index contributed by atoms with van der Waals surface area (Å²) < 4.78 is 5.23. The molecular formula is C50H52Ar3ClNOPRu-4. The molecule has 0 aliphatic rings. The van der Waals surface area contributed by atoms with Crippen molar-refractivity contribution >= 4 is 45.8 Å². The van der Waals surface area contributed by atoms with Crippen LogP contribution in [0.25, 0.3) is 38.4 Å². The summed E-state index contributed by atoms with van der Waals surface area (Å²) in [6, 6.07) is 49.2. The topological polar surface area (TPSA) is 33.0 Å². The van der Waals surface area contributed by atoms with Crippen molar-refractivity contribution in [3.63, 3.8) is 0 Å². The fourth-order valence-electron chi connectivity index (χ4n) is 7.05. The Hall–Kier alpha value is -0.187. The van der Waals surface area contributed by atoms with Crippen LogP contribution in [0.4, 0.5) is 0 Å². The van der Waals surface area contributed by atoms with Gasteiger partial charge in [0.15, 0.2) is 0 Å².